The predicted octanol–water partition coefficient (Wildman–Crippen LogP) is 3.09. The number of pyridine rings is 2. The van der Waals surface area contributed by atoms with E-state index in [-0.39, 0.29) is 25.5 Å². The topological polar surface area (TPSA) is 138 Å². The Balaban J connectivity index is 1.09. The van der Waals surface area contributed by atoms with Crippen molar-refractivity contribution in [2.75, 3.05) is 53.4 Å². The molecule has 1 aromatic carbocycles. The van der Waals surface area contributed by atoms with E-state index in [4.69, 9.17) is 23.7 Å². The van der Waals surface area contributed by atoms with Crippen molar-refractivity contribution in [2.45, 2.75) is 18.9 Å². The van der Waals surface area contributed by atoms with Crippen LogP contribution in [0.15, 0.2) is 48.7 Å². The molecule has 1 fully saturated rings. The van der Waals surface area contributed by atoms with Crippen molar-refractivity contribution in [1.29, 1.82) is 0 Å². The van der Waals surface area contributed by atoms with Gasteiger partial charge in [0.25, 0.3) is 0 Å². The number of aromatic nitrogens is 2. The molecule has 217 valence electrons. The molecule has 11 heteroatoms. The van der Waals surface area contributed by atoms with Gasteiger partial charge >= 0.3 is 0 Å². The quantitative estimate of drug-likeness (QED) is 0.205. The second-order valence-corrected chi connectivity index (χ2v) is 9.26. The number of benzene rings is 1. The Bertz CT molecular complexity index is 1330. The summed E-state index contributed by atoms with van der Waals surface area (Å²) < 4.78 is 27.5. The lowest BCUT2D eigenvalue weighted by atomic mass is 9.93. The molecule has 4 rings (SSSR count). The third-order valence-corrected chi connectivity index (χ3v) is 6.42. The number of amides is 2. The number of fused-ring (bicyclic) bond motifs is 1. The summed E-state index contributed by atoms with van der Waals surface area (Å²) in [4.78, 5) is 31.9. The lowest BCUT2D eigenvalue weighted by Crippen LogP contribution is -2.47. The molecule has 0 spiro atoms. The minimum Gasteiger partial charge on any atom is -0.491 e. The van der Waals surface area contributed by atoms with Crippen LogP contribution in [0.3, 0.4) is 0 Å². The Morgan fingerprint density at radius 3 is 2.56 bits per heavy atom. The zero-order valence-corrected chi connectivity index (χ0v) is 23.0. The third-order valence-electron chi connectivity index (χ3n) is 6.42. The number of nitrogens with one attached hydrogen (secondary N) is 1. The van der Waals surface area contributed by atoms with Crippen LogP contribution in [0.4, 0.5) is 0 Å². The van der Waals surface area contributed by atoms with Crippen LogP contribution >= 0.6 is 0 Å². The van der Waals surface area contributed by atoms with Gasteiger partial charge in [0.1, 0.15) is 19.0 Å². The SMILES string of the molecule is COc1cc(/C=C/c2ccc3cc(OCCOCCOCCOC(C[O])C4CCC(=O)NC4=O)ccc3n2)ccn1. The van der Waals surface area contributed by atoms with Crippen molar-refractivity contribution >= 4 is 34.9 Å². The van der Waals surface area contributed by atoms with Gasteiger partial charge < -0.3 is 23.7 Å². The molecule has 1 saturated heterocycles. The highest BCUT2D eigenvalue weighted by atomic mass is 16.6. The highest BCUT2D eigenvalue weighted by Gasteiger charge is 2.33. The van der Waals surface area contributed by atoms with Crippen molar-refractivity contribution in [2.24, 2.45) is 5.92 Å². The fourth-order valence-electron chi connectivity index (χ4n) is 4.27. The van der Waals surface area contributed by atoms with Gasteiger partial charge in [0.05, 0.1) is 63.4 Å². The first-order chi connectivity index (χ1) is 20.1. The van der Waals surface area contributed by atoms with Gasteiger partial charge in [-0.3, -0.25) is 14.9 Å². The maximum Gasteiger partial charge on any atom is 0.232 e. The monoisotopic (exact) mass is 564 g/mol. The van der Waals surface area contributed by atoms with E-state index in [1.54, 1.807) is 13.3 Å². The molecule has 1 N–H and O–H groups in total. The highest BCUT2D eigenvalue weighted by Crippen LogP contribution is 2.21. The van der Waals surface area contributed by atoms with E-state index in [1.807, 2.05) is 54.6 Å². The molecule has 3 aromatic rings. The summed E-state index contributed by atoms with van der Waals surface area (Å²) >= 11 is 0. The molecule has 0 saturated carbocycles. The number of piperidine rings is 1. The maximum absolute atomic E-state index is 11.9. The second-order valence-electron chi connectivity index (χ2n) is 9.26. The van der Waals surface area contributed by atoms with Gasteiger partial charge in [0.2, 0.25) is 17.7 Å². The summed E-state index contributed by atoms with van der Waals surface area (Å²) in [6.45, 7) is 1.42. The Morgan fingerprint density at radius 2 is 1.78 bits per heavy atom. The lowest BCUT2D eigenvalue weighted by Gasteiger charge is -2.27. The lowest BCUT2D eigenvalue weighted by molar-refractivity contribution is -0.144. The van der Waals surface area contributed by atoms with Crippen LogP contribution in [0.1, 0.15) is 24.1 Å². The molecule has 1 aliphatic rings. The number of hydrogen-bond donors (Lipinski definition) is 1. The number of nitrogens with zero attached hydrogens (tertiary/aromatic N) is 2. The number of carbonyl (C=O) groups is 2. The number of hydrogen-bond acceptors (Lipinski definition) is 9. The van der Waals surface area contributed by atoms with Crippen molar-refractivity contribution in [1.82, 2.24) is 15.3 Å². The van der Waals surface area contributed by atoms with E-state index in [9.17, 15) is 14.7 Å². The van der Waals surface area contributed by atoms with Crippen LogP contribution in [0.5, 0.6) is 11.6 Å². The molecule has 3 heterocycles. The molecular weight excluding hydrogens is 530 g/mol. The maximum atomic E-state index is 11.9. The molecule has 0 bridgehead atoms. The molecular formula is C30H34N3O8. The van der Waals surface area contributed by atoms with Crippen molar-refractivity contribution in [3.63, 3.8) is 0 Å². The predicted molar refractivity (Wildman–Crippen MR) is 150 cm³/mol. The van der Waals surface area contributed by atoms with Crippen LogP contribution < -0.4 is 14.8 Å². The van der Waals surface area contributed by atoms with E-state index < -0.39 is 24.5 Å². The first kappa shape index (κ1) is 30.1. The van der Waals surface area contributed by atoms with E-state index in [0.717, 1.165) is 27.9 Å². The molecule has 2 unspecified atom stereocenters. The van der Waals surface area contributed by atoms with Gasteiger partial charge in [-0.05, 0) is 48.4 Å². The highest BCUT2D eigenvalue weighted by molar-refractivity contribution is 5.98. The van der Waals surface area contributed by atoms with Crippen LogP contribution in [-0.2, 0) is 28.9 Å². The summed E-state index contributed by atoms with van der Waals surface area (Å²) in [7, 11) is 1.59. The summed E-state index contributed by atoms with van der Waals surface area (Å²) in [5, 5.41) is 14.6. The number of imide groups is 1. The van der Waals surface area contributed by atoms with Gasteiger partial charge in [0, 0.05) is 24.1 Å². The first-order valence-electron chi connectivity index (χ1n) is 13.5. The molecule has 0 aliphatic carbocycles. The van der Waals surface area contributed by atoms with E-state index >= 15 is 0 Å². The molecule has 41 heavy (non-hydrogen) atoms. The van der Waals surface area contributed by atoms with E-state index in [1.165, 1.54) is 0 Å². The van der Waals surface area contributed by atoms with Crippen LogP contribution in [0, 0.1) is 5.92 Å². The van der Waals surface area contributed by atoms with Crippen LogP contribution in [0.2, 0.25) is 0 Å². The number of rotatable bonds is 16. The molecule has 2 amide bonds. The average Bonchev–Trinajstić information content (AvgIpc) is 2.99. The molecule has 11 nitrogen and oxygen atoms in total. The number of methoxy groups -OCH3 is 1. The van der Waals surface area contributed by atoms with Crippen molar-refractivity contribution in [3.8, 4) is 11.6 Å². The minimum atomic E-state index is -0.771. The van der Waals surface area contributed by atoms with Crippen LogP contribution in [0.25, 0.3) is 23.1 Å². The minimum absolute atomic E-state index is 0.183. The zero-order chi connectivity index (χ0) is 28.9. The summed E-state index contributed by atoms with van der Waals surface area (Å²) in [5.74, 6) is -0.0727. The normalized spacial score (nSPS) is 16.2. The number of ether oxygens (including phenoxy) is 5. The summed E-state index contributed by atoms with van der Waals surface area (Å²) in [5.41, 5.74) is 2.67. The van der Waals surface area contributed by atoms with Crippen molar-refractivity contribution in [3.05, 3.63) is 59.9 Å². The van der Waals surface area contributed by atoms with Gasteiger partial charge in [-0.2, -0.15) is 0 Å². The van der Waals surface area contributed by atoms with Crippen molar-refractivity contribution < 1.29 is 38.4 Å². The Morgan fingerprint density at radius 1 is 0.976 bits per heavy atom. The molecule has 2 aromatic heterocycles. The standard InChI is InChI=1S/C30H34N3O8/c1-37-29-18-21(10-11-31-29)2-4-23-5-3-22-19-24(6-8-26(22)32-23)40-16-14-38-12-13-39-15-17-41-27(20-34)25-7-9-28(35)33-30(25)36/h2-6,8,10-11,18-19,25,27H,7,9,12-17,20H2,1H3,(H,33,35,36)/b4-2+. The fraction of sp³-hybridized carbons (Fsp3) is 0.400. The van der Waals surface area contributed by atoms with E-state index in [0.29, 0.717) is 38.7 Å². The second kappa shape index (κ2) is 15.8. The largest absolute Gasteiger partial charge is 0.491 e. The van der Waals surface area contributed by atoms with Gasteiger partial charge in [-0.15, -0.1) is 0 Å². The Hall–Kier alpha value is -3.90. The van der Waals surface area contributed by atoms with Gasteiger partial charge in [-0.1, -0.05) is 12.1 Å². The van der Waals surface area contributed by atoms with Gasteiger partial charge in [-0.25, -0.2) is 15.1 Å². The zero-order valence-electron chi connectivity index (χ0n) is 23.0. The first-order valence-corrected chi connectivity index (χ1v) is 13.5. The van der Waals surface area contributed by atoms with Crippen LogP contribution in [-0.4, -0.2) is 81.2 Å². The fourth-order valence-corrected chi connectivity index (χ4v) is 4.27. The Kier molecular flexibility index (Phi) is 11.6. The summed E-state index contributed by atoms with van der Waals surface area (Å²) in [6, 6.07) is 13.4. The molecule has 1 aliphatic heterocycles. The smallest absolute Gasteiger partial charge is 0.232 e. The summed E-state index contributed by atoms with van der Waals surface area (Å²) in [6.07, 6.45) is 5.38. The Labute approximate surface area is 238 Å². The molecule has 2 atom stereocenters. The van der Waals surface area contributed by atoms with E-state index in [2.05, 4.69) is 15.3 Å². The number of carbonyl (C=O) groups excluding carboxylic acids is 2. The van der Waals surface area contributed by atoms with Gasteiger partial charge in [0.15, 0.2) is 0 Å². The molecule has 1 radical (unpaired) electrons. The average molecular weight is 565 g/mol. The third kappa shape index (κ3) is 9.32.